The molecule has 0 aliphatic rings. The van der Waals surface area contributed by atoms with Crippen LogP contribution in [0.25, 0.3) is 0 Å². The van der Waals surface area contributed by atoms with E-state index < -0.39 is 0 Å². The predicted molar refractivity (Wildman–Crippen MR) is 39.4 cm³/mol. The van der Waals surface area contributed by atoms with E-state index in [1.165, 1.54) is 6.07 Å². The number of hydrogen-bond donors (Lipinski definition) is 4. The van der Waals surface area contributed by atoms with Crippen molar-refractivity contribution in [3.8, 4) is 11.8 Å². The van der Waals surface area contributed by atoms with Gasteiger partial charge in [0.2, 0.25) is 11.8 Å². The minimum atomic E-state index is -0.154. The van der Waals surface area contributed by atoms with Crippen molar-refractivity contribution in [2.75, 3.05) is 0 Å². The first-order valence-corrected chi connectivity index (χ1v) is 2.99. The average molecular weight is 163 g/mol. The maximum atomic E-state index is 8.88. The van der Waals surface area contributed by atoms with Crippen molar-refractivity contribution in [3.05, 3.63) is 6.07 Å². The van der Waals surface area contributed by atoms with Gasteiger partial charge in [-0.1, -0.05) is 12.8 Å². The largest absolute Gasteiger partial charge is 0.494 e. The molecule has 50 valence electrons. The van der Waals surface area contributed by atoms with E-state index in [-0.39, 0.29) is 11.8 Å². The molecule has 0 unspecified atom stereocenters. The standard InChI is InChI=1S/C4H5NO2S2/c6-3-1-2(8)4(7)5(3)9/h1,6-9H. The van der Waals surface area contributed by atoms with E-state index in [0.717, 1.165) is 3.97 Å². The van der Waals surface area contributed by atoms with Crippen molar-refractivity contribution < 1.29 is 10.2 Å². The van der Waals surface area contributed by atoms with Gasteiger partial charge >= 0.3 is 0 Å². The Morgan fingerprint density at radius 1 is 1.44 bits per heavy atom. The maximum Gasteiger partial charge on any atom is 0.218 e. The molecule has 0 amide bonds. The van der Waals surface area contributed by atoms with Crippen molar-refractivity contribution >= 4 is 25.4 Å². The number of nitrogens with zero attached hydrogens (tertiary/aromatic N) is 1. The second-order valence-electron chi connectivity index (χ2n) is 1.52. The Hall–Kier alpha value is -0.420. The summed E-state index contributed by atoms with van der Waals surface area (Å²) in [5, 5.41) is 17.7. The molecule has 1 heterocycles. The van der Waals surface area contributed by atoms with Crippen LogP contribution in [0.1, 0.15) is 0 Å². The molecule has 0 aromatic carbocycles. The zero-order valence-electron chi connectivity index (χ0n) is 4.31. The fourth-order valence-electron chi connectivity index (χ4n) is 0.465. The Labute approximate surface area is 62.9 Å². The fourth-order valence-corrected chi connectivity index (χ4v) is 0.925. The third kappa shape index (κ3) is 0.972. The highest BCUT2D eigenvalue weighted by Gasteiger charge is 2.06. The van der Waals surface area contributed by atoms with Crippen LogP contribution in [0.2, 0.25) is 0 Å². The maximum absolute atomic E-state index is 8.88. The summed E-state index contributed by atoms with van der Waals surface area (Å²) in [6, 6.07) is 1.30. The van der Waals surface area contributed by atoms with Gasteiger partial charge in [-0.3, -0.25) is 0 Å². The van der Waals surface area contributed by atoms with Gasteiger partial charge in [-0.25, -0.2) is 3.97 Å². The van der Waals surface area contributed by atoms with Crippen LogP contribution in [0.5, 0.6) is 11.8 Å². The molecule has 0 aliphatic carbocycles. The van der Waals surface area contributed by atoms with Crippen molar-refractivity contribution in [1.82, 2.24) is 3.97 Å². The topological polar surface area (TPSA) is 45.4 Å². The van der Waals surface area contributed by atoms with Gasteiger partial charge in [0.15, 0.2) is 0 Å². The van der Waals surface area contributed by atoms with Crippen LogP contribution < -0.4 is 0 Å². The van der Waals surface area contributed by atoms with Crippen LogP contribution in [0.4, 0.5) is 0 Å². The van der Waals surface area contributed by atoms with Gasteiger partial charge in [-0.15, -0.1) is 12.6 Å². The Bertz CT molecular complexity index is 210. The molecule has 0 saturated carbocycles. The van der Waals surface area contributed by atoms with Crippen LogP contribution >= 0.6 is 25.4 Å². The number of rotatable bonds is 0. The van der Waals surface area contributed by atoms with Crippen molar-refractivity contribution in [2.45, 2.75) is 4.90 Å². The summed E-state index contributed by atoms with van der Waals surface area (Å²) < 4.78 is 0.933. The second kappa shape index (κ2) is 2.07. The summed E-state index contributed by atoms with van der Waals surface area (Å²) in [5.41, 5.74) is 0. The Balaban J connectivity index is 3.29. The van der Waals surface area contributed by atoms with Crippen molar-refractivity contribution in [3.63, 3.8) is 0 Å². The highest BCUT2D eigenvalue weighted by atomic mass is 32.1. The highest BCUT2D eigenvalue weighted by Crippen LogP contribution is 2.30. The number of thiol groups is 2. The first-order valence-electron chi connectivity index (χ1n) is 2.15. The van der Waals surface area contributed by atoms with E-state index in [9.17, 15) is 0 Å². The summed E-state index contributed by atoms with van der Waals surface area (Å²) in [6.45, 7) is 0. The smallest absolute Gasteiger partial charge is 0.218 e. The van der Waals surface area contributed by atoms with Gasteiger partial charge in [0.05, 0.1) is 4.90 Å². The van der Waals surface area contributed by atoms with Gasteiger partial charge in [-0.05, 0) is 0 Å². The van der Waals surface area contributed by atoms with Crippen molar-refractivity contribution in [1.29, 1.82) is 0 Å². The normalized spacial score (nSPS) is 10.0. The molecule has 0 aliphatic heterocycles. The summed E-state index contributed by atoms with van der Waals surface area (Å²) in [4.78, 5) is 0.308. The van der Waals surface area contributed by atoms with E-state index in [2.05, 4.69) is 25.4 Å². The molecule has 0 saturated heterocycles. The van der Waals surface area contributed by atoms with E-state index in [4.69, 9.17) is 10.2 Å². The minimum absolute atomic E-state index is 0.124. The van der Waals surface area contributed by atoms with Crippen LogP contribution in [-0.4, -0.2) is 14.2 Å². The van der Waals surface area contributed by atoms with E-state index in [1.54, 1.807) is 0 Å². The molecule has 1 rings (SSSR count). The molecule has 0 bridgehead atoms. The van der Waals surface area contributed by atoms with E-state index in [0.29, 0.717) is 4.90 Å². The van der Waals surface area contributed by atoms with Gasteiger partial charge in [0.25, 0.3) is 0 Å². The first kappa shape index (κ1) is 6.70. The van der Waals surface area contributed by atoms with E-state index in [1.807, 2.05) is 0 Å². The van der Waals surface area contributed by atoms with Crippen LogP contribution in [0, 0.1) is 0 Å². The Morgan fingerprint density at radius 3 is 2.11 bits per heavy atom. The molecule has 1 aromatic heterocycles. The minimum Gasteiger partial charge on any atom is -0.494 e. The van der Waals surface area contributed by atoms with Crippen LogP contribution in [-0.2, 0) is 0 Å². The molecular weight excluding hydrogens is 158 g/mol. The number of aromatic nitrogens is 1. The lowest BCUT2D eigenvalue weighted by atomic mass is 10.6. The first-order chi connectivity index (χ1) is 4.13. The zero-order chi connectivity index (χ0) is 7.02. The quantitative estimate of drug-likeness (QED) is 0.429. The van der Waals surface area contributed by atoms with E-state index >= 15 is 0 Å². The lowest BCUT2D eigenvalue weighted by Gasteiger charge is -1.92. The van der Waals surface area contributed by atoms with Gasteiger partial charge in [0, 0.05) is 6.07 Å². The molecule has 2 N–H and O–H groups in total. The summed E-state index contributed by atoms with van der Waals surface area (Å²) in [6.07, 6.45) is 0. The molecule has 0 atom stereocenters. The number of hydrogen-bond acceptors (Lipinski definition) is 4. The molecule has 0 fully saturated rings. The lowest BCUT2D eigenvalue weighted by Crippen LogP contribution is -1.74. The third-order valence-corrected chi connectivity index (χ3v) is 1.64. The number of aromatic hydroxyl groups is 2. The summed E-state index contributed by atoms with van der Waals surface area (Å²) in [5.74, 6) is -0.278. The van der Waals surface area contributed by atoms with Crippen LogP contribution in [0.15, 0.2) is 11.0 Å². The zero-order valence-corrected chi connectivity index (χ0v) is 6.10. The van der Waals surface area contributed by atoms with Crippen molar-refractivity contribution in [2.24, 2.45) is 0 Å². The lowest BCUT2D eigenvalue weighted by molar-refractivity contribution is 0.413. The SMILES string of the molecule is Oc1cc(S)c(O)n1S. The monoisotopic (exact) mass is 163 g/mol. The predicted octanol–water partition coefficient (Wildman–Crippen LogP) is 0.881. The molecular formula is C4H5NO2S2. The molecule has 0 spiro atoms. The van der Waals surface area contributed by atoms with Gasteiger partial charge in [-0.2, -0.15) is 0 Å². The molecule has 0 radical (unpaired) electrons. The van der Waals surface area contributed by atoms with Gasteiger partial charge < -0.3 is 10.2 Å². The summed E-state index contributed by atoms with van der Waals surface area (Å²) >= 11 is 7.51. The third-order valence-electron chi connectivity index (χ3n) is 0.913. The molecule has 9 heavy (non-hydrogen) atoms. The fraction of sp³-hybridized carbons (Fsp3) is 0. The summed E-state index contributed by atoms with van der Waals surface area (Å²) in [7, 11) is 0. The molecule has 1 aromatic rings. The molecule has 3 nitrogen and oxygen atoms in total. The Kier molecular flexibility index (Phi) is 1.54. The van der Waals surface area contributed by atoms with Gasteiger partial charge in [0.1, 0.15) is 0 Å². The highest BCUT2D eigenvalue weighted by molar-refractivity contribution is 7.80. The van der Waals surface area contributed by atoms with Crippen LogP contribution in [0.3, 0.4) is 0 Å². The second-order valence-corrected chi connectivity index (χ2v) is 2.40. The Morgan fingerprint density at radius 2 is 2.00 bits per heavy atom. The molecule has 5 heteroatoms. The average Bonchev–Trinajstić information content (AvgIpc) is 1.98.